The van der Waals surface area contributed by atoms with Crippen LogP contribution in [-0.2, 0) is 4.74 Å². The maximum Gasteiger partial charge on any atom is 0.156 e. The second kappa shape index (κ2) is 10.6. The lowest BCUT2D eigenvalue weighted by atomic mass is 9.88. The van der Waals surface area contributed by atoms with Gasteiger partial charge in [0, 0.05) is 41.1 Å². The van der Waals surface area contributed by atoms with Crippen LogP contribution in [0.4, 0.5) is 5.82 Å². The minimum absolute atomic E-state index is 0.129. The molecular weight excluding hydrogens is 414 g/mol. The fourth-order valence-corrected chi connectivity index (χ4v) is 5.27. The zero-order valence-corrected chi connectivity index (χ0v) is 20.7. The van der Waals surface area contributed by atoms with Gasteiger partial charge in [0.1, 0.15) is 11.5 Å². The molecule has 1 aromatic carbocycles. The summed E-state index contributed by atoms with van der Waals surface area (Å²) < 4.78 is 17.7. The lowest BCUT2D eigenvalue weighted by molar-refractivity contribution is 0.0134. The molecule has 0 bridgehead atoms. The van der Waals surface area contributed by atoms with Crippen molar-refractivity contribution in [2.24, 2.45) is 0 Å². The first kappa shape index (κ1) is 23.6. The third kappa shape index (κ3) is 4.86. The van der Waals surface area contributed by atoms with Gasteiger partial charge in [0.15, 0.2) is 5.82 Å². The van der Waals surface area contributed by atoms with Crippen LogP contribution in [0.2, 0.25) is 0 Å². The van der Waals surface area contributed by atoms with E-state index < -0.39 is 0 Å². The van der Waals surface area contributed by atoms with Gasteiger partial charge in [-0.1, -0.05) is 11.6 Å². The molecule has 2 heterocycles. The van der Waals surface area contributed by atoms with Crippen LogP contribution in [-0.4, -0.2) is 42.7 Å². The summed E-state index contributed by atoms with van der Waals surface area (Å²) in [6.45, 7) is 13.4. The number of nitrogens with zero attached hydrogens (tertiary/aromatic N) is 2. The minimum atomic E-state index is 0.129. The van der Waals surface area contributed by atoms with E-state index in [-0.39, 0.29) is 5.92 Å². The Morgan fingerprint density at radius 1 is 1.00 bits per heavy atom. The van der Waals surface area contributed by atoms with E-state index in [0.717, 1.165) is 54.6 Å². The Labute approximate surface area is 197 Å². The first-order chi connectivity index (χ1) is 16.0. The normalized spacial score (nSPS) is 20.0. The second-order valence-electron chi connectivity index (χ2n) is 8.95. The maximum absolute atomic E-state index is 6.06. The molecule has 33 heavy (non-hydrogen) atoms. The van der Waals surface area contributed by atoms with Crippen molar-refractivity contribution in [3.63, 3.8) is 0 Å². The van der Waals surface area contributed by atoms with Gasteiger partial charge in [-0.25, -0.2) is 0 Å². The number of fused-ring (bicyclic) bond motifs is 1. The molecule has 1 aliphatic carbocycles. The second-order valence-corrected chi connectivity index (χ2v) is 8.95. The molecule has 0 saturated carbocycles. The van der Waals surface area contributed by atoms with Crippen molar-refractivity contribution < 1.29 is 14.2 Å². The first-order valence-electron chi connectivity index (χ1n) is 12.3. The summed E-state index contributed by atoms with van der Waals surface area (Å²) in [7, 11) is 0. The molecule has 0 amide bonds. The molecule has 0 radical (unpaired) electrons. The van der Waals surface area contributed by atoms with Gasteiger partial charge in [-0.05, 0) is 71.9 Å². The van der Waals surface area contributed by atoms with Crippen LogP contribution in [0.1, 0.15) is 70.6 Å². The Morgan fingerprint density at radius 2 is 1.79 bits per heavy atom. The van der Waals surface area contributed by atoms with Crippen molar-refractivity contribution >= 4 is 17.0 Å². The van der Waals surface area contributed by atoms with Crippen LogP contribution in [0.5, 0.6) is 11.5 Å². The Balaban J connectivity index is 1.69. The van der Waals surface area contributed by atoms with E-state index in [1.54, 1.807) is 0 Å². The molecule has 1 N–H and O–H groups in total. The van der Waals surface area contributed by atoms with Gasteiger partial charge >= 0.3 is 0 Å². The predicted molar refractivity (Wildman–Crippen MR) is 132 cm³/mol. The standard InChI is InChI=1S/C27H37N3O3/c1-6-31-21-11-12-22(23(16-21)32-7-2)24-17(3)25-19(5)29-30-27(26(25)18(24)4)28-14-13-20-10-8-9-15-33-20/h11-12,16,20,24H,6-10,13-15H2,1-5H3,(H,28,30). The minimum Gasteiger partial charge on any atom is -0.494 e. The summed E-state index contributed by atoms with van der Waals surface area (Å²) in [5, 5.41) is 15.0. The Kier molecular flexibility index (Phi) is 7.53. The summed E-state index contributed by atoms with van der Waals surface area (Å²) >= 11 is 0. The Hall–Kier alpha value is -2.60. The molecule has 6 heteroatoms. The fraction of sp³-hybridized carbons (Fsp3) is 0.556. The first-order valence-corrected chi connectivity index (χ1v) is 12.3. The third-order valence-electron chi connectivity index (χ3n) is 6.74. The molecule has 1 saturated heterocycles. The van der Waals surface area contributed by atoms with Crippen LogP contribution < -0.4 is 25.2 Å². The third-order valence-corrected chi connectivity index (χ3v) is 6.74. The molecule has 0 spiro atoms. The van der Waals surface area contributed by atoms with Crippen molar-refractivity contribution in [2.75, 3.05) is 31.7 Å². The number of aryl methyl sites for hydroxylation is 1. The van der Waals surface area contributed by atoms with Crippen molar-refractivity contribution in [3.8, 4) is 11.5 Å². The molecule has 4 rings (SSSR count). The lowest BCUT2D eigenvalue weighted by Gasteiger charge is -2.22. The summed E-state index contributed by atoms with van der Waals surface area (Å²) in [5.74, 6) is 2.71. The van der Waals surface area contributed by atoms with E-state index in [1.165, 1.54) is 34.4 Å². The van der Waals surface area contributed by atoms with Crippen molar-refractivity contribution in [1.82, 2.24) is 10.2 Å². The number of hydrogen-bond acceptors (Lipinski definition) is 6. The number of rotatable bonds is 9. The molecule has 1 fully saturated rings. The van der Waals surface area contributed by atoms with E-state index in [2.05, 4.69) is 35.4 Å². The van der Waals surface area contributed by atoms with Crippen molar-refractivity contribution in [1.29, 1.82) is 0 Å². The average Bonchev–Trinajstić information content (AvgIpc) is 3.08. The van der Waals surface area contributed by atoms with Gasteiger partial charge in [0.25, 0.3) is 0 Å². The van der Waals surface area contributed by atoms with Gasteiger partial charge in [-0.15, -0.1) is 5.10 Å². The number of anilines is 1. The fourth-order valence-electron chi connectivity index (χ4n) is 5.27. The van der Waals surface area contributed by atoms with E-state index in [1.807, 2.05) is 32.9 Å². The van der Waals surface area contributed by atoms with Crippen LogP contribution in [0, 0.1) is 6.92 Å². The Bertz CT molecular complexity index is 1110. The molecule has 1 aliphatic heterocycles. The largest absolute Gasteiger partial charge is 0.494 e. The smallest absolute Gasteiger partial charge is 0.156 e. The highest BCUT2D eigenvalue weighted by molar-refractivity contribution is 5.79. The van der Waals surface area contributed by atoms with Crippen molar-refractivity contribution in [2.45, 2.75) is 72.3 Å². The molecule has 2 aliphatic rings. The molecule has 2 aromatic rings. The van der Waals surface area contributed by atoms with E-state index in [9.17, 15) is 0 Å². The SMILES string of the molecule is CCOc1ccc(C2C(C)=c3c(C)nnc(NCCC4CCCCO4)c3=C2C)c(OCC)c1. The molecule has 1 aromatic heterocycles. The van der Waals surface area contributed by atoms with E-state index in [0.29, 0.717) is 19.3 Å². The van der Waals surface area contributed by atoms with E-state index in [4.69, 9.17) is 14.2 Å². The predicted octanol–water partition coefficient (Wildman–Crippen LogP) is 4.09. The van der Waals surface area contributed by atoms with Gasteiger partial charge in [0.2, 0.25) is 0 Å². The number of ether oxygens (including phenoxy) is 3. The van der Waals surface area contributed by atoms with E-state index >= 15 is 0 Å². The highest BCUT2D eigenvalue weighted by Crippen LogP contribution is 2.41. The maximum atomic E-state index is 6.06. The molecular formula is C27H37N3O3. The summed E-state index contributed by atoms with van der Waals surface area (Å²) in [6.07, 6.45) is 4.93. The van der Waals surface area contributed by atoms with Gasteiger partial charge < -0.3 is 19.5 Å². The monoisotopic (exact) mass is 451 g/mol. The molecule has 2 unspecified atom stereocenters. The molecule has 2 atom stereocenters. The van der Waals surface area contributed by atoms with Gasteiger partial charge in [0.05, 0.1) is 25.0 Å². The Morgan fingerprint density at radius 3 is 2.52 bits per heavy atom. The van der Waals surface area contributed by atoms with Crippen LogP contribution in [0.25, 0.3) is 11.1 Å². The lowest BCUT2D eigenvalue weighted by Crippen LogP contribution is -2.33. The number of benzene rings is 1. The van der Waals surface area contributed by atoms with Gasteiger partial charge in [-0.3, -0.25) is 0 Å². The quantitative estimate of drug-likeness (QED) is 0.619. The highest BCUT2D eigenvalue weighted by Gasteiger charge is 2.28. The highest BCUT2D eigenvalue weighted by atomic mass is 16.5. The summed E-state index contributed by atoms with van der Waals surface area (Å²) in [6, 6.07) is 6.19. The van der Waals surface area contributed by atoms with Crippen LogP contribution in [0.15, 0.2) is 18.2 Å². The summed E-state index contributed by atoms with van der Waals surface area (Å²) in [5.41, 5.74) is 4.70. The van der Waals surface area contributed by atoms with Crippen LogP contribution in [0.3, 0.4) is 0 Å². The number of nitrogens with one attached hydrogen (secondary N) is 1. The zero-order valence-electron chi connectivity index (χ0n) is 20.7. The summed E-state index contributed by atoms with van der Waals surface area (Å²) in [4.78, 5) is 0. The number of hydrogen-bond donors (Lipinski definition) is 1. The average molecular weight is 452 g/mol. The number of aromatic nitrogens is 2. The molecule has 6 nitrogen and oxygen atoms in total. The van der Waals surface area contributed by atoms with Crippen LogP contribution >= 0.6 is 0 Å². The van der Waals surface area contributed by atoms with Crippen molar-refractivity contribution in [3.05, 3.63) is 39.9 Å². The molecule has 178 valence electrons. The topological polar surface area (TPSA) is 65.5 Å². The van der Waals surface area contributed by atoms with Gasteiger partial charge in [-0.2, -0.15) is 5.10 Å². The zero-order chi connectivity index (χ0) is 23.4.